The minimum Gasteiger partial charge on any atom is -0.381 e. The van der Waals surface area contributed by atoms with Gasteiger partial charge in [-0.2, -0.15) is 5.10 Å². The Kier molecular flexibility index (Phi) is 4.21. The smallest absolute Gasteiger partial charge is 0.284 e. The number of rotatable bonds is 4. The summed E-state index contributed by atoms with van der Waals surface area (Å²) >= 11 is 3.32. The van der Waals surface area contributed by atoms with E-state index in [9.17, 15) is 4.79 Å². The second-order valence-electron chi connectivity index (χ2n) is 5.52. The van der Waals surface area contributed by atoms with Crippen LogP contribution in [0.25, 0.3) is 0 Å². The van der Waals surface area contributed by atoms with E-state index in [1.54, 1.807) is 13.3 Å². The Labute approximate surface area is 126 Å². The highest BCUT2D eigenvalue weighted by molar-refractivity contribution is 9.10. The average molecular weight is 340 g/mol. The lowest BCUT2D eigenvalue weighted by Crippen LogP contribution is -2.57. The van der Waals surface area contributed by atoms with Crippen molar-refractivity contribution in [2.75, 3.05) is 12.4 Å². The van der Waals surface area contributed by atoms with Crippen LogP contribution in [-0.4, -0.2) is 29.0 Å². The molecular formula is C14H18BrN3O2. The molecule has 20 heavy (non-hydrogen) atoms. The van der Waals surface area contributed by atoms with Crippen LogP contribution in [0.2, 0.25) is 0 Å². The molecule has 0 radical (unpaired) electrons. The van der Waals surface area contributed by atoms with Gasteiger partial charge in [-0.15, -0.1) is 6.42 Å². The molecule has 1 saturated carbocycles. The van der Waals surface area contributed by atoms with Crippen molar-refractivity contribution in [3.63, 3.8) is 0 Å². The highest BCUT2D eigenvalue weighted by Gasteiger charge is 2.48. The molecule has 1 aliphatic rings. The fourth-order valence-electron chi connectivity index (χ4n) is 2.48. The topological polar surface area (TPSA) is 56.1 Å². The van der Waals surface area contributed by atoms with Crippen LogP contribution < -0.4 is 10.9 Å². The second-order valence-corrected chi connectivity index (χ2v) is 6.31. The maximum absolute atomic E-state index is 12.0. The predicted molar refractivity (Wildman–Crippen MR) is 81.6 cm³/mol. The van der Waals surface area contributed by atoms with Gasteiger partial charge in [0.15, 0.2) is 0 Å². The molecule has 2 unspecified atom stereocenters. The maximum Gasteiger partial charge on any atom is 0.284 e. The SMILES string of the molecule is C#CCn1ncc(NC2CC(OC)C2(C)C)c(Br)c1=O. The van der Waals surface area contributed by atoms with Crippen LogP contribution >= 0.6 is 15.9 Å². The number of terminal acetylenes is 1. The minimum absolute atomic E-state index is 0.0157. The van der Waals surface area contributed by atoms with Gasteiger partial charge in [-0.3, -0.25) is 4.79 Å². The van der Waals surface area contributed by atoms with E-state index in [0.29, 0.717) is 10.2 Å². The van der Waals surface area contributed by atoms with E-state index in [0.717, 1.165) is 6.42 Å². The highest BCUT2D eigenvalue weighted by Crippen LogP contribution is 2.44. The van der Waals surface area contributed by atoms with E-state index >= 15 is 0 Å². The monoisotopic (exact) mass is 339 g/mol. The van der Waals surface area contributed by atoms with Crippen LogP contribution in [0.1, 0.15) is 20.3 Å². The zero-order chi connectivity index (χ0) is 14.9. The second kappa shape index (κ2) is 5.58. The Morgan fingerprint density at radius 1 is 1.70 bits per heavy atom. The minimum atomic E-state index is -0.228. The molecule has 2 atom stereocenters. The first kappa shape index (κ1) is 15.1. The van der Waals surface area contributed by atoms with Crippen LogP contribution in [0.15, 0.2) is 15.5 Å². The molecule has 108 valence electrons. The van der Waals surface area contributed by atoms with Gasteiger partial charge in [0.1, 0.15) is 11.0 Å². The normalized spacial score (nSPS) is 23.8. The fourth-order valence-corrected chi connectivity index (χ4v) is 2.90. The Balaban J connectivity index is 2.18. The molecule has 1 aliphatic carbocycles. The molecule has 1 N–H and O–H groups in total. The van der Waals surface area contributed by atoms with Crippen molar-refractivity contribution in [3.8, 4) is 12.3 Å². The third-order valence-electron chi connectivity index (χ3n) is 4.02. The molecule has 2 rings (SSSR count). The molecule has 1 aromatic heterocycles. The van der Waals surface area contributed by atoms with Crippen molar-refractivity contribution < 1.29 is 4.74 Å². The van der Waals surface area contributed by atoms with Gasteiger partial charge in [0, 0.05) is 18.6 Å². The van der Waals surface area contributed by atoms with Crippen LogP contribution in [0.3, 0.4) is 0 Å². The highest BCUT2D eigenvalue weighted by atomic mass is 79.9. The van der Waals surface area contributed by atoms with Crippen molar-refractivity contribution in [1.29, 1.82) is 0 Å². The summed E-state index contributed by atoms with van der Waals surface area (Å²) in [6, 6.07) is 0.244. The lowest BCUT2D eigenvalue weighted by molar-refractivity contribution is -0.0794. The lowest BCUT2D eigenvalue weighted by Gasteiger charge is -2.51. The van der Waals surface area contributed by atoms with E-state index in [2.05, 4.69) is 46.1 Å². The summed E-state index contributed by atoms with van der Waals surface area (Å²) in [5, 5.41) is 7.42. The van der Waals surface area contributed by atoms with Crippen LogP contribution in [0.5, 0.6) is 0 Å². The van der Waals surface area contributed by atoms with Gasteiger partial charge in [-0.05, 0) is 22.4 Å². The number of hydrogen-bond donors (Lipinski definition) is 1. The lowest BCUT2D eigenvalue weighted by atomic mass is 9.64. The molecule has 0 amide bonds. The van der Waals surface area contributed by atoms with Crippen LogP contribution in [0, 0.1) is 17.8 Å². The molecule has 1 heterocycles. The largest absolute Gasteiger partial charge is 0.381 e. The number of aromatic nitrogens is 2. The zero-order valence-electron chi connectivity index (χ0n) is 11.8. The van der Waals surface area contributed by atoms with Gasteiger partial charge < -0.3 is 10.1 Å². The molecule has 1 aromatic rings. The average Bonchev–Trinajstić information content (AvgIpc) is 2.41. The molecule has 6 heteroatoms. The van der Waals surface area contributed by atoms with Crippen molar-refractivity contribution in [1.82, 2.24) is 9.78 Å². The molecule has 0 spiro atoms. The quantitative estimate of drug-likeness (QED) is 0.851. The molecule has 5 nitrogen and oxygen atoms in total. The third-order valence-corrected chi connectivity index (χ3v) is 4.78. The van der Waals surface area contributed by atoms with Gasteiger partial charge in [0.2, 0.25) is 0 Å². The summed E-state index contributed by atoms with van der Waals surface area (Å²) in [5.74, 6) is 2.40. The molecule has 0 aliphatic heterocycles. The molecule has 1 fully saturated rings. The number of methoxy groups -OCH3 is 1. The van der Waals surface area contributed by atoms with Gasteiger partial charge in [-0.25, -0.2) is 4.68 Å². The number of hydrogen-bond acceptors (Lipinski definition) is 4. The summed E-state index contributed by atoms with van der Waals surface area (Å²) in [6.45, 7) is 4.45. The number of halogens is 1. The Bertz CT molecular complexity index is 603. The van der Waals surface area contributed by atoms with Gasteiger partial charge >= 0.3 is 0 Å². The predicted octanol–water partition coefficient (Wildman–Crippen LogP) is 1.86. The Hall–Kier alpha value is -1.32. The Morgan fingerprint density at radius 2 is 2.40 bits per heavy atom. The van der Waals surface area contributed by atoms with Crippen LogP contribution in [-0.2, 0) is 11.3 Å². The first-order chi connectivity index (χ1) is 9.41. The van der Waals surface area contributed by atoms with E-state index in [-0.39, 0.29) is 29.7 Å². The number of anilines is 1. The molecular weight excluding hydrogens is 322 g/mol. The first-order valence-corrected chi connectivity index (χ1v) is 7.19. The summed E-state index contributed by atoms with van der Waals surface area (Å²) < 4.78 is 7.13. The van der Waals surface area contributed by atoms with Crippen molar-refractivity contribution in [2.45, 2.75) is 39.0 Å². The van der Waals surface area contributed by atoms with E-state index < -0.39 is 0 Å². The molecule has 0 saturated heterocycles. The fraction of sp³-hybridized carbons (Fsp3) is 0.571. The number of ether oxygens (including phenoxy) is 1. The van der Waals surface area contributed by atoms with Crippen molar-refractivity contribution in [2.24, 2.45) is 5.41 Å². The standard InChI is InChI=1S/C14H18BrN3O2/c1-5-6-18-13(19)12(15)9(8-16-18)17-10-7-11(20-4)14(10,2)3/h1,8,10-11,17H,6-7H2,2-4H3. The first-order valence-electron chi connectivity index (χ1n) is 6.40. The van der Waals surface area contributed by atoms with E-state index in [4.69, 9.17) is 11.2 Å². The van der Waals surface area contributed by atoms with E-state index in [1.165, 1.54) is 4.68 Å². The summed E-state index contributed by atoms with van der Waals surface area (Å²) in [6.07, 6.45) is 7.96. The molecule has 0 bridgehead atoms. The number of nitrogens with zero attached hydrogens (tertiary/aromatic N) is 2. The van der Waals surface area contributed by atoms with Gasteiger partial charge in [0.25, 0.3) is 5.56 Å². The third kappa shape index (κ3) is 2.48. The Morgan fingerprint density at radius 3 is 2.95 bits per heavy atom. The van der Waals surface area contributed by atoms with Crippen LogP contribution in [0.4, 0.5) is 5.69 Å². The summed E-state index contributed by atoms with van der Waals surface area (Å²) in [5.41, 5.74) is 0.478. The summed E-state index contributed by atoms with van der Waals surface area (Å²) in [4.78, 5) is 12.0. The zero-order valence-corrected chi connectivity index (χ0v) is 13.4. The van der Waals surface area contributed by atoms with Gasteiger partial charge in [-0.1, -0.05) is 19.8 Å². The van der Waals surface area contributed by atoms with Crippen molar-refractivity contribution in [3.05, 3.63) is 21.0 Å². The maximum atomic E-state index is 12.0. The molecule has 0 aromatic carbocycles. The number of nitrogens with one attached hydrogen (secondary N) is 1. The van der Waals surface area contributed by atoms with Gasteiger partial charge in [0.05, 0.1) is 18.0 Å². The summed E-state index contributed by atoms with van der Waals surface area (Å²) in [7, 11) is 1.72. The van der Waals surface area contributed by atoms with Crippen molar-refractivity contribution >= 4 is 21.6 Å². The van der Waals surface area contributed by atoms with E-state index in [1.807, 2.05) is 0 Å².